The summed E-state index contributed by atoms with van der Waals surface area (Å²) < 4.78 is 0. The first-order valence-electron chi connectivity index (χ1n) is 8.90. The lowest BCUT2D eigenvalue weighted by atomic mass is 9.75. The van der Waals surface area contributed by atoms with Gasteiger partial charge in [0, 0.05) is 23.8 Å². The molecule has 2 aromatic carbocycles. The molecule has 29 heavy (non-hydrogen) atoms. The quantitative estimate of drug-likeness (QED) is 0.555. The molecule has 0 fully saturated rings. The van der Waals surface area contributed by atoms with E-state index in [1.807, 2.05) is 42.5 Å². The second-order valence-electron chi connectivity index (χ2n) is 6.71. The molecule has 0 bridgehead atoms. The first-order valence-corrected chi connectivity index (χ1v) is 8.90. The van der Waals surface area contributed by atoms with Crippen molar-refractivity contribution in [3.63, 3.8) is 0 Å². The zero-order valence-corrected chi connectivity index (χ0v) is 15.6. The van der Waals surface area contributed by atoms with Crippen molar-refractivity contribution in [1.82, 2.24) is 5.01 Å². The smallest absolute Gasteiger partial charge is 0.269 e. The Balaban J connectivity index is 1.95. The van der Waals surface area contributed by atoms with Crippen LogP contribution in [0.4, 0.5) is 5.69 Å². The summed E-state index contributed by atoms with van der Waals surface area (Å²) in [4.78, 5) is 23.5. The Morgan fingerprint density at radius 3 is 2.31 bits per heavy atom. The highest BCUT2D eigenvalue weighted by atomic mass is 16.6. The highest BCUT2D eigenvalue weighted by Gasteiger charge is 2.43. The third-order valence-electron chi connectivity index (χ3n) is 4.91. The maximum absolute atomic E-state index is 13.1. The van der Waals surface area contributed by atoms with Crippen LogP contribution in [0.3, 0.4) is 0 Å². The SMILES string of the molecule is CC1=NN(Cc2ccccc2)C(=O)[C@H]1[C@H](c1ccc([N+](=O)[O-])cc1)C(C#N)C#N. The van der Waals surface area contributed by atoms with Gasteiger partial charge in [-0.1, -0.05) is 42.5 Å². The Morgan fingerprint density at radius 2 is 1.76 bits per heavy atom. The van der Waals surface area contributed by atoms with Gasteiger partial charge >= 0.3 is 0 Å². The van der Waals surface area contributed by atoms with Gasteiger partial charge in [0.25, 0.3) is 11.6 Å². The van der Waals surface area contributed by atoms with Crippen LogP contribution >= 0.6 is 0 Å². The highest BCUT2D eigenvalue weighted by Crippen LogP contribution is 2.38. The fraction of sp³-hybridized carbons (Fsp3) is 0.238. The zero-order chi connectivity index (χ0) is 21.0. The number of benzene rings is 2. The molecule has 3 rings (SSSR count). The summed E-state index contributed by atoms with van der Waals surface area (Å²) in [6.45, 7) is 1.97. The molecule has 0 aromatic heterocycles. The van der Waals surface area contributed by atoms with Gasteiger partial charge in [0.05, 0.1) is 29.5 Å². The van der Waals surface area contributed by atoms with Gasteiger partial charge in [-0.05, 0) is 18.1 Å². The van der Waals surface area contributed by atoms with Gasteiger partial charge < -0.3 is 0 Å². The molecule has 0 saturated carbocycles. The van der Waals surface area contributed by atoms with E-state index >= 15 is 0 Å². The number of nitro groups is 1. The third-order valence-corrected chi connectivity index (χ3v) is 4.91. The lowest BCUT2D eigenvalue weighted by Gasteiger charge is -2.24. The van der Waals surface area contributed by atoms with Crippen LogP contribution in [0, 0.1) is 44.6 Å². The molecule has 1 heterocycles. The molecule has 1 aliphatic heterocycles. The van der Waals surface area contributed by atoms with Crippen molar-refractivity contribution in [1.29, 1.82) is 10.5 Å². The Kier molecular flexibility index (Phi) is 5.66. The fourth-order valence-corrected chi connectivity index (χ4v) is 3.51. The molecule has 0 spiro atoms. The largest absolute Gasteiger partial charge is 0.272 e. The van der Waals surface area contributed by atoms with Gasteiger partial charge in [-0.2, -0.15) is 15.6 Å². The van der Waals surface area contributed by atoms with Gasteiger partial charge in [0.2, 0.25) is 0 Å². The zero-order valence-electron chi connectivity index (χ0n) is 15.6. The van der Waals surface area contributed by atoms with Crippen LogP contribution in [-0.4, -0.2) is 21.6 Å². The molecule has 1 amide bonds. The van der Waals surface area contributed by atoms with E-state index in [9.17, 15) is 25.4 Å². The van der Waals surface area contributed by atoms with Gasteiger partial charge in [-0.3, -0.25) is 14.9 Å². The molecule has 8 heteroatoms. The summed E-state index contributed by atoms with van der Waals surface area (Å²) in [5.41, 5.74) is 1.82. The number of amides is 1. The van der Waals surface area contributed by atoms with Gasteiger partial charge in [0.15, 0.2) is 0 Å². The summed E-state index contributed by atoms with van der Waals surface area (Å²) in [7, 11) is 0. The summed E-state index contributed by atoms with van der Waals surface area (Å²) in [6.07, 6.45) is 0. The van der Waals surface area contributed by atoms with Crippen molar-refractivity contribution < 1.29 is 9.72 Å². The Morgan fingerprint density at radius 1 is 1.14 bits per heavy atom. The topological polar surface area (TPSA) is 123 Å². The van der Waals surface area contributed by atoms with Crippen molar-refractivity contribution in [2.75, 3.05) is 0 Å². The van der Waals surface area contributed by atoms with E-state index in [-0.39, 0.29) is 18.1 Å². The minimum atomic E-state index is -1.10. The average molecular weight is 387 g/mol. The summed E-state index contributed by atoms with van der Waals surface area (Å²) in [6, 6.07) is 18.9. The number of carbonyl (C=O) groups excluding carboxylic acids is 1. The van der Waals surface area contributed by atoms with E-state index in [0.717, 1.165) is 5.56 Å². The predicted molar refractivity (Wildman–Crippen MR) is 104 cm³/mol. The monoisotopic (exact) mass is 387 g/mol. The van der Waals surface area contributed by atoms with Crippen molar-refractivity contribution >= 4 is 17.3 Å². The van der Waals surface area contributed by atoms with Crippen LogP contribution in [0.2, 0.25) is 0 Å². The minimum absolute atomic E-state index is 0.105. The number of hydrogen-bond acceptors (Lipinski definition) is 6. The molecule has 0 saturated heterocycles. The number of carbonyl (C=O) groups is 1. The molecular weight excluding hydrogens is 370 g/mol. The van der Waals surface area contributed by atoms with Gasteiger partial charge in [0.1, 0.15) is 5.92 Å². The van der Waals surface area contributed by atoms with E-state index in [1.54, 1.807) is 6.92 Å². The summed E-state index contributed by atoms with van der Waals surface area (Å²) >= 11 is 0. The first kappa shape index (κ1) is 19.7. The summed E-state index contributed by atoms with van der Waals surface area (Å²) in [5, 5.41) is 35.6. The van der Waals surface area contributed by atoms with E-state index in [1.165, 1.54) is 29.3 Å². The number of non-ortho nitro benzene ring substituents is 1. The van der Waals surface area contributed by atoms with E-state index in [4.69, 9.17) is 0 Å². The number of hydrogen-bond donors (Lipinski definition) is 0. The number of hydrazone groups is 1. The molecular formula is C21H17N5O3. The molecule has 8 nitrogen and oxygen atoms in total. The van der Waals surface area contributed by atoms with E-state index < -0.39 is 22.7 Å². The Hall–Kier alpha value is -4.04. The van der Waals surface area contributed by atoms with Crippen LogP contribution in [0.5, 0.6) is 0 Å². The summed E-state index contributed by atoms with van der Waals surface area (Å²) in [5.74, 6) is -2.97. The van der Waals surface area contributed by atoms with Crippen molar-refractivity contribution in [3.8, 4) is 12.1 Å². The molecule has 0 unspecified atom stereocenters. The second kappa shape index (κ2) is 8.32. The van der Waals surface area contributed by atoms with Crippen molar-refractivity contribution in [2.45, 2.75) is 19.4 Å². The minimum Gasteiger partial charge on any atom is -0.272 e. The van der Waals surface area contributed by atoms with Crippen LogP contribution in [0.15, 0.2) is 59.7 Å². The number of rotatable bonds is 6. The highest BCUT2D eigenvalue weighted by molar-refractivity contribution is 6.07. The maximum atomic E-state index is 13.1. The van der Waals surface area contributed by atoms with Crippen LogP contribution in [0.25, 0.3) is 0 Å². The number of nitrogens with zero attached hydrogens (tertiary/aromatic N) is 5. The van der Waals surface area contributed by atoms with Gasteiger partial charge in [-0.15, -0.1) is 0 Å². The molecule has 0 N–H and O–H groups in total. The average Bonchev–Trinajstić information content (AvgIpc) is 3.00. The van der Waals surface area contributed by atoms with Crippen molar-refractivity contribution in [3.05, 3.63) is 75.8 Å². The number of nitro benzene ring substituents is 1. The second-order valence-corrected chi connectivity index (χ2v) is 6.71. The van der Waals surface area contributed by atoms with Crippen LogP contribution < -0.4 is 0 Å². The third kappa shape index (κ3) is 3.97. The van der Waals surface area contributed by atoms with Gasteiger partial charge in [-0.25, -0.2) is 5.01 Å². The van der Waals surface area contributed by atoms with Crippen LogP contribution in [-0.2, 0) is 11.3 Å². The van der Waals surface area contributed by atoms with Crippen molar-refractivity contribution in [2.24, 2.45) is 16.9 Å². The van der Waals surface area contributed by atoms with E-state index in [0.29, 0.717) is 11.3 Å². The normalized spacial score (nSPS) is 16.8. The molecule has 0 radical (unpaired) electrons. The lowest BCUT2D eigenvalue weighted by Crippen LogP contribution is -2.34. The Labute approximate surface area is 167 Å². The van der Waals surface area contributed by atoms with E-state index in [2.05, 4.69) is 5.10 Å². The predicted octanol–water partition coefficient (Wildman–Crippen LogP) is 3.38. The number of nitriles is 2. The molecule has 144 valence electrons. The Bertz CT molecular complexity index is 1020. The molecule has 0 aliphatic carbocycles. The standard InChI is InChI=1S/C21H17N5O3/c1-14-19(21(27)25(24-14)13-15-5-3-2-4-6-15)20(17(11-22)12-23)16-7-9-18(10-8-16)26(28)29/h2-10,17,19-20H,13H2,1H3/t19-,20-/m1/s1. The van der Waals surface area contributed by atoms with Crippen LogP contribution in [0.1, 0.15) is 24.0 Å². The molecule has 2 atom stereocenters. The fourth-order valence-electron chi connectivity index (χ4n) is 3.51. The maximum Gasteiger partial charge on any atom is 0.269 e. The first-order chi connectivity index (χ1) is 14.0. The molecule has 2 aromatic rings. The lowest BCUT2D eigenvalue weighted by molar-refractivity contribution is -0.384. The molecule has 1 aliphatic rings.